The lowest BCUT2D eigenvalue weighted by molar-refractivity contribution is -0.145. The molecule has 2 amide bonds. The normalized spacial score (nSPS) is 13.7. The number of benzene rings is 1. The van der Waals surface area contributed by atoms with Crippen LogP contribution >= 0.6 is 0 Å². The first-order valence-electron chi connectivity index (χ1n) is 11.7. The van der Waals surface area contributed by atoms with Crippen molar-refractivity contribution in [3.63, 3.8) is 0 Å². The molecule has 1 aromatic rings. The zero-order valence-electron chi connectivity index (χ0n) is 21.3. The largest absolute Gasteiger partial charge is 0.493 e. The van der Waals surface area contributed by atoms with Crippen LogP contribution in [0.4, 0.5) is 4.79 Å². The Morgan fingerprint density at radius 3 is 2.26 bits per heavy atom. The molecule has 2 N–H and O–H groups in total. The lowest BCUT2D eigenvalue weighted by atomic mass is 9.98. The van der Waals surface area contributed by atoms with Crippen molar-refractivity contribution in [2.75, 3.05) is 13.7 Å². The number of methoxy groups -OCH3 is 1. The van der Waals surface area contributed by atoms with E-state index < -0.39 is 35.7 Å². The lowest BCUT2D eigenvalue weighted by Crippen LogP contribution is -2.53. The summed E-state index contributed by atoms with van der Waals surface area (Å²) in [5.74, 6) is -0.108. The zero-order valence-corrected chi connectivity index (χ0v) is 21.3. The predicted octanol–water partition coefficient (Wildman–Crippen LogP) is 4.17. The van der Waals surface area contributed by atoms with E-state index in [4.69, 9.17) is 14.2 Å². The van der Waals surface area contributed by atoms with Gasteiger partial charge in [-0.15, -0.1) is 6.58 Å². The summed E-state index contributed by atoms with van der Waals surface area (Å²) in [7, 11) is 1.28. The molecule has 1 rings (SSSR count). The summed E-state index contributed by atoms with van der Waals surface area (Å²) in [5.41, 5.74) is 0.0875. The number of carbonyl (C=O) groups excluding carboxylic acids is 3. The van der Waals surface area contributed by atoms with Crippen molar-refractivity contribution >= 4 is 18.0 Å². The van der Waals surface area contributed by atoms with Gasteiger partial charge in [-0.2, -0.15) is 0 Å². The van der Waals surface area contributed by atoms with Crippen molar-refractivity contribution in [2.24, 2.45) is 5.92 Å². The number of esters is 1. The molecule has 0 radical (unpaired) electrons. The molecule has 0 aliphatic carbocycles. The Morgan fingerprint density at radius 2 is 1.74 bits per heavy atom. The lowest BCUT2D eigenvalue weighted by Gasteiger charge is -2.25. The van der Waals surface area contributed by atoms with Crippen molar-refractivity contribution in [3.05, 3.63) is 42.5 Å². The van der Waals surface area contributed by atoms with Crippen LogP contribution in [-0.4, -0.2) is 49.4 Å². The number of nitrogens with one attached hydrogen (secondary N) is 2. The summed E-state index contributed by atoms with van der Waals surface area (Å²) >= 11 is 0. The molecule has 1 aromatic carbocycles. The van der Waals surface area contributed by atoms with Crippen molar-refractivity contribution in [3.8, 4) is 5.75 Å². The van der Waals surface area contributed by atoms with Gasteiger partial charge in [-0.25, -0.2) is 9.59 Å². The third kappa shape index (κ3) is 11.2. The second-order valence-electron chi connectivity index (χ2n) is 9.31. The van der Waals surface area contributed by atoms with Gasteiger partial charge in [-0.1, -0.05) is 38.5 Å². The molecule has 8 nitrogen and oxygen atoms in total. The quantitative estimate of drug-likeness (QED) is 0.252. The van der Waals surface area contributed by atoms with Gasteiger partial charge in [0.25, 0.3) is 0 Å². The van der Waals surface area contributed by atoms with Gasteiger partial charge in [0.15, 0.2) is 0 Å². The second-order valence-corrected chi connectivity index (χ2v) is 9.31. The average Bonchev–Trinajstić information content (AvgIpc) is 2.77. The van der Waals surface area contributed by atoms with Crippen molar-refractivity contribution in [2.45, 2.75) is 78.0 Å². The summed E-state index contributed by atoms with van der Waals surface area (Å²) in [5, 5.41) is 5.39. The van der Waals surface area contributed by atoms with Crippen molar-refractivity contribution in [1.29, 1.82) is 0 Å². The number of hydrogen-bond acceptors (Lipinski definition) is 6. The molecule has 0 saturated heterocycles. The number of hydrogen-bond donors (Lipinski definition) is 2. The van der Waals surface area contributed by atoms with Crippen LogP contribution in [0.25, 0.3) is 0 Å². The van der Waals surface area contributed by atoms with E-state index in [9.17, 15) is 14.4 Å². The molecule has 0 aliphatic rings. The predicted molar refractivity (Wildman–Crippen MR) is 132 cm³/mol. The topological polar surface area (TPSA) is 103 Å². The smallest absolute Gasteiger partial charge is 0.408 e. The number of rotatable bonds is 13. The number of ether oxygens (including phenoxy) is 3. The third-order valence-electron chi connectivity index (χ3n) is 5.10. The fraction of sp³-hybridized carbons (Fsp3) is 0.577. The van der Waals surface area contributed by atoms with E-state index in [1.807, 2.05) is 26.0 Å². The van der Waals surface area contributed by atoms with Crippen LogP contribution < -0.4 is 15.4 Å². The highest BCUT2D eigenvalue weighted by molar-refractivity contribution is 5.89. The average molecular weight is 477 g/mol. The number of alkyl carbamates (subject to hydrolysis) is 1. The van der Waals surface area contributed by atoms with Gasteiger partial charge in [-0.3, -0.25) is 4.79 Å². The highest BCUT2D eigenvalue weighted by atomic mass is 16.6. The molecule has 0 fully saturated rings. The molecule has 0 bridgehead atoms. The standard InChI is InChI=1S/C26H40N2O6/c1-8-10-15-33-20-13-11-19(12-14-20)17-21(28-25(31)34-26(4,5)6)23(29)27-22(24(30)32-7)16-18(3)9-2/h8,11-14,18,21-22H,1,9-10,15-17H2,2-7H3,(H,27,29)(H,28,31)/t18?,21-,22?/m0/s1. The van der Waals surface area contributed by atoms with E-state index in [0.717, 1.165) is 18.4 Å². The first-order valence-corrected chi connectivity index (χ1v) is 11.7. The van der Waals surface area contributed by atoms with Crippen LogP contribution in [0.1, 0.15) is 59.4 Å². The first-order chi connectivity index (χ1) is 16.0. The Balaban J connectivity index is 3.01. The minimum absolute atomic E-state index is 0.204. The zero-order chi connectivity index (χ0) is 25.7. The van der Waals surface area contributed by atoms with Gasteiger partial charge < -0.3 is 24.8 Å². The molecular weight excluding hydrogens is 436 g/mol. The van der Waals surface area contributed by atoms with Gasteiger partial charge in [0.2, 0.25) is 5.91 Å². The van der Waals surface area contributed by atoms with E-state index in [1.54, 1.807) is 39.0 Å². The van der Waals surface area contributed by atoms with Crippen LogP contribution in [0.3, 0.4) is 0 Å². The summed E-state index contributed by atoms with van der Waals surface area (Å²) < 4.78 is 15.8. The van der Waals surface area contributed by atoms with Crippen LogP contribution in [0.15, 0.2) is 36.9 Å². The van der Waals surface area contributed by atoms with Gasteiger partial charge >= 0.3 is 12.1 Å². The Hall–Kier alpha value is -3.03. The van der Waals surface area contributed by atoms with E-state index in [-0.39, 0.29) is 12.3 Å². The second kappa shape index (κ2) is 14.3. The Labute approximate surface area is 203 Å². The maximum Gasteiger partial charge on any atom is 0.408 e. The van der Waals surface area contributed by atoms with Gasteiger partial charge in [0.05, 0.1) is 13.7 Å². The highest BCUT2D eigenvalue weighted by Crippen LogP contribution is 2.16. The van der Waals surface area contributed by atoms with Gasteiger partial charge in [-0.05, 0) is 57.2 Å². The van der Waals surface area contributed by atoms with Gasteiger partial charge in [0.1, 0.15) is 23.4 Å². The Kier molecular flexibility index (Phi) is 12.2. The van der Waals surface area contributed by atoms with E-state index >= 15 is 0 Å². The molecule has 3 atom stereocenters. The summed E-state index contributed by atoms with van der Waals surface area (Å²) in [4.78, 5) is 37.9. The highest BCUT2D eigenvalue weighted by Gasteiger charge is 2.29. The van der Waals surface area contributed by atoms with Crippen molar-refractivity contribution in [1.82, 2.24) is 10.6 Å². The van der Waals surface area contributed by atoms with Crippen LogP contribution in [-0.2, 0) is 25.5 Å². The summed E-state index contributed by atoms with van der Waals surface area (Å²) in [6.45, 7) is 13.4. The maximum atomic E-state index is 13.2. The monoisotopic (exact) mass is 476 g/mol. The van der Waals surface area contributed by atoms with Gasteiger partial charge in [0, 0.05) is 6.42 Å². The molecule has 0 heterocycles. The molecule has 190 valence electrons. The number of carbonyl (C=O) groups is 3. The molecule has 0 aliphatic heterocycles. The van der Waals surface area contributed by atoms with E-state index in [0.29, 0.717) is 18.8 Å². The molecule has 8 heteroatoms. The van der Waals surface area contributed by atoms with Crippen LogP contribution in [0.2, 0.25) is 0 Å². The fourth-order valence-corrected chi connectivity index (χ4v) is 3.07. The van der Waals surface area contributed by atoms with Crippen molar-refractivity contribution < 1.29 is 28.6 Å². The van der Waals surface area contributed by atoms with E-state index in [1.165, 1.54) is 7.11 Å². The van der Waals surface area contributed by atoms with Crippen LogP contribution in [0.5, 0.6) is 5.75 Å². The molecule has 2 unspecified atom stereocenters. The Morgan fingerprint density at radius 1 is 1.09 bits per heavy atom. The fourth-order valence-electron chi connectivity index (χ4n) is 3.07. The summed E-state index contributed by atoms with van der Waals surface area (Å²) in [6, 6.07) is 5.51. The minimum Gasteiger partial charge on any atom is -0.493 e. The molecule has 0 spiro atoms. The third-order valence-corrected chi connectivity index (χ3v) is 5.10. The Bertz CT molecular complexity index is 801. The maximum absolute atomic E-state index is 13.2. The first kappa shape index (κ1) is 29.0. The number of amides is 2. The van der Waals surface area contributed by atoms with Crippen LogP contribution in [0, 0.1) is 5.92 Å². The molecular formula is C26H40N2O6. The molecule has 34 heavy (non-hydrogen) atoms. The minimum atomic E-state index is -0.952. The molecule has 0 aromatic heterocycles. The van der Waals surface area contributed by atoms with E-state index in [2.05, 4.69) is 17.2 Å². The SMILES string of the molecule is C=CCCOc1ccc(C[C@H](NC(=O)OC(C)(C)C)C(=O)NC(CC(C)CC)C(=O)OC)cc1. The summed E-state index contributed by atoms with van der Waals surface area (Å²) in [6.07, 6.45) is 3.29. The molecule has 0 saturated carbocycles.